The minimum atomic E-state index is -2.70. The van der Waals surface area contributed by atoms with Crippen molar-refractivity contribution in [3.05, 3.63) is 249 Å². The third-order valence-corrected chi connectivity index (χ3v) is 18.4. The number of benzene rings is 10. The lowest BCUT2D eigenvalue weighted by Gasteiger charge is -2.34. The summed E-state index contributed by atoms with van der Waals surface area (Å²) in [5.41, 5.74) is 10.6. The molecule has 300 valence electrons. The molecule has 0 atom stereocenters. The van der Waals surface area contributed by atoms with E-state index in [1.807, 2.05) is 0 Å². The first kappa shape index (κ1) is 36.5. The highest BCUT2D eigenvalue weighted by Crippen LogP contribution is 2.39. The lowest BCUT2D eigenvalue weighted by Crippen LogP contribution is -2.74. The zero-order valence-electron chi connectivity index (χ0n) is 35.0. The van der Waals surface area contributed by atoms with Crippen molar-refractivity contribution in [1.82, 2.24) is 13.7 Å². The van der Waals surface area contributed by atoms with Crippen LogP contribution in [0.25, 0.3) is 82.5 Å². The standard InChI is InChI=1S/C60H41N3Si/c1-4-18-45(19-5-1)64(46-20-6-2-7-21-46,47-22-8-3-9-23-47)48-36-32-42(33-37-48)61-59-38-34-43(62-55-28-14-10-24-49(55)50-25-11-15-29-56(50)62)40-53(59)54-41-44(35-39-60(54)61)63-57-30-16-12-26-51(57)52-27-13-17-31-58(52)63/h1-41H. The number of hydrogen-bond acceptors (Lipinski definition) is 0. The Balaban J connectivity index is 1.06. The maximum Gasteiger partial charge on any atom is 0.179 e. The summed E-state index contributed by atoms with van der Waals surface area (Å²) in [5.74, 6) is 0. The maximum absolute atomic E-state index is 2.70. The molecular formula is C60H41N3Si. The molecule has 0 bridgehead atoms. The van der Waals surface area contributed by atoms with Crippen molar-refractivity contribution in [2.24, 2.45) is 0 Å². The molecule has 3 heterocycles. The van der Waals surface area contributed by atoms with Gasteiger partial charge >= 0.3 is 0 Å². The van der Waals surface area contributed by atoms with Crippen molar-refractivity contribution in [3.8, 4) is 17.1 Å². The zero-order valence-corrected chi connectivity index (χ0v) is 36.0. The topological polar surface area (TPSA) is 14.8 Å². The SMILES string of the molecule is c1ccc([Si](c2ccccc2)(c2ccccc2)c2ccc(-n3c4ccc(-n5c6ccccc6c6ccccc65)cc4c4cc(-n5c6ccccc6c6ccccc65)ccc43)cc2)cc1. The molecule has 0 amide bonds. The van der Waals surface area contributed by atoms with Crippen LogP contribution < -0.4 is 20.7 Å². The van der Waals surface area contributed by atoms with E-state index in [1.54, 1.807) is 0 Å². The first-order valence-corrected chi connectivity index (χ1v) is 24.1. The Kier molecular flexibility index (Phi) is 8.23. The van der Waals surface area contributed by atoms with Crippen molar-refractivity contribution in [2.75, 3.05) is 0 Å². The van der Waals surface area contributed by atoms with Crippen LogP contribution in [0.5, 0.6) is 0 Å². The highest BCUT2D eigenvalue weighted by atomic mass is 28.3. The van der Waals surface area contributed by atoms with Crippen LogP contribution in [0.2, 0.25) is 0 Å². The van der Waals surface area contributed by atoms with Gasteiger partial charge in [0, 0.05) is 49.4 Å². The first-order chi connectivity index (χ1) is 31.8. The molecule has 3 nitrogen and oxygen atoms in total. The van der Waals surface area contributed by atoms with Gasteiger partial charge in [0.25, 0.3) is 0 Å². The number of hydrogen-bond donors (Lipinski definition) is 0. The normalized spacial score (nSPS) is 12.1. The van der Waals surface area contributed by atoms with Crippen LogP contribution in [0.3, 0.4) is 0 Å². The largest absolute Gasteiger partial charge is 0.309 e. The molecule has 0 saturated carbocycles. The monoisotopic (exact) mass is 831 g/mol. The second kappa shape index (κ2) is 14.5. The van der Waals surface area contributed by atoms with Crippen LogP contribution in [0.15, 0.2) is 249 Å². The van der Waals surface area contributed by atoms with E-state index in [0.717, 1.165) is 17.1 Å². The lowest BCUT2D eigenvalue weighted by atomic mass is 10.1. The summed E-state index contributed by atoms with van der Waals surface area (Å²) < 4.78 is 7.33. The number of aromatic nitrogens is 3. The fourth-order valence-electron chi connectivity index (χ4n) is 10.9. The molecule has 0 radical (unpaired) electrons. The van der Waals surface area contributed by atoms with Gasteiger partial charge in [-0.1, -0.05) is 176 Å². The van der Waals surface area contributed by atoms with Crippen LogP contribution in [0.4, 0.5) is 0 Å². The number of rotatable bonds is 7. The van der Waals surface area contributed by atoms with Gasteiger partial charge in [-0.3, -0.25) is 0 Å². The van der Waals surface area contributed by atoms with Crippen LogP contribution in [-0.2, 0) is 0 Å². The van der Waals surface area contributed by atoms with E-state index in [4.69, 9.17) is 0 Å². The zero-order chi connectivity index (χ0) is 42.2. The Bertz CT molecular complexity index is 3510. The minimum Gasteiger partial charge on any atom is -0.309 e. The highest BCUT2D eigenvalue weighted by Gasteiger charge is 2.41. The van der Waals surface area contributed by atoms with E-state index in [-0.39, 0.29) is 0 Å². The van der Waals surface area contributed by atoms with E-state index in [1.165, 1.54) is 86.2 Å². The Morgan fingerprint density at radius 3 is 0.828 bits per heavy atom. The number of nitrogens with zero attached hydrogens (tertiary/aromatic N) is 3. The van der Waals surface area contributed by atoms with E-state index >= 15 is 0 Å². The van der Waals surface area contributed by atoms with Crippen molar-refractivity contribution < 1.29 is 0 Å². The molecule has 0 N–H and O–H groups in total. The third kappa shape index (κ3) is 5.33. The quantitative estimate of drug-likeness (QED) is 0.112. The van der Waals surface area contributed by atoms with Crippen LogP contribution in [0, 0.1) is 0 Å². The minimum absolute atomic E-state index is 1.13. The first-order valence-electron chi connectivity index (χ1n) is 22.1. The number of para-hydroxylation sites is 4. The third-order valence-electron chi connectivity index (χ3n) is 13.6. The molecule has 0 aliphatic heterocycles. The molecule has 64 heavy (non-hydrogen) atoms. The van der Waals surface area contributed by atoms with Crippen LogP contribution in [0.1, 0.15) is 0 Å². The molecule has 0 spiro atoms. The Morgan fingerprint density at radius 1 is 0.203 bits per heavy atom. The van der Waals surface area contributed by atoms with Gasteiger partial charge in [-0.25, -0.2) is 0 Å². The van der Waals surface area contributed by atoms with Gasteiger partial charge in [0.2, 0.25) is 0 Å². The van der Waals surface area contributed by atoms with Crippen molar-refractivity contribution in [2.45, 2.75) is 0 Å². The van der Waals surface area contributed by atoms with Crippen molar-refractivity contribution in [3.63, 3.8) is 0 Å². The fraction of sp³-hybridized carbons (Fsp3) is 0. The smallest absolute Gasteiger partial charge is 0.179 e. The van der Waals surface area contributed by atoms with E-state index in [9.17, 15) is 0 Å². The highest BCUT2D eigenvalue weighted by molar-refractivity contribution is 7.19. The molecule has 13 aromatic rings. The maximum atomic E-state index is 2.47. The van der Waals surface area contributed by atoms with Gasteiger partial charge < -0.3 is 13.7 Å². The average Bonchev–Trinajstić information content (AvgIpc) is 4.01. The summed E-state index contributed by atoms with van der Waals surface area (Å²) in [6.45, 7) is 0. The van der Waals surface area contributed by atoms with Gasteiger partial charge in [-0.2, -0.15) is 0 Å². The summed E-state index contributed by atoms with van der Waals surface area (Å²) >= 11 is 0. The summed E-state index contributed by atoms with van der Waals surface area (Å²) in [4.78, 5) is 0. The summed E-state index contributed by atoms with van der Waals surface area (Å²) in [6.07, 6.45) is 0. The van der Waals surface area contributed by atoms with Gasteiger partial charge in [-0.05, 0) is 93.5 Å². The molecule has 0 aliphatic carbocycles. The number of fused-ring (bicyclic) bond motifs is 9. The molecular weight excluding hydrogens is 791 g/mol. The predicted molar refractivity (Wildman–Crippen MR) is 273 cm³/mol. The van der Waals surface area contributed by atoms with E-state index < -0.39 is 8.07 Å². The van der Waals surface area contributed by atoms with E-state index in [2.05, 4.69) is 262 Å². The summed E-state index contributed by atoms with van der Waals surface area (Å²) in [7, 11) is -2.70. The molecule has 0 aliphatic rings. The summed E-state index contributed by atoms with van der Waals surface area (Å²) in [6, 6.07) is 92.2. The van der Waals surface area contributed by atoms with E-state index in [0.29, 0.717) is 0 Å². The van der Waals surface area contributed by atoms with Gasteiger partial charge in [0.1, 0.15) is 0 Å². The molecule has 0 unspecified atom stereocenters. The lowest BCUT2D eigenvalue weighted by molar-refractivity contribution is 1.16. The fourth-order valence-corrected chi connectivity index (χ4v) is 15.6. The molecule has 0 fully saturated rings. The Morgan fingerprint density at radius 2 is 0.469 bits per heavy atom. The molecule has 3 aromatic heterocycles. The van der Waals surface area contributed by atoms with Crippen molar-refractivity contribution >= 4 is 94.2 Å². The molecule has 0 saturated heterocycles. The van der Waals surface area contributed by atoms with Gasteiger partial charge in [-0.15, -0.1) is 0 Å². The van der Waals surface area contributed by atoms with Gasteiger partial charge in [0.05, 0.1) is 33.1 Å². The second-order valence-electron chi connectivity index (χ2n) is 16.9. The average molecular weight is 832 g/mol. The second-order valence-corrected chi connectivity index (χ2v) is 20.7. The predicted octanol–water partition coefficient (Wildman–Crippen LogP) is 12.4. The Labute approximate surface area is 372 Å². The van der Waals surface area contributed by atoms with Crippen molar-refractivity contribution in [1.29, 1.82) is 0 Å². The van der Waals surface area contributed by atoms with Crippen LogP contribution >= 0.6 is 0 Å². The molecule has 4 heteroatoms. The summed E-state index contributed by atoms with van der Waals surface area (Å²) in [5, 5.41) is 12.9. The molecule has 10 aromatic carbocycles. The van der Waals surface area contributed by atoms with Crippen LogP contribution in [-0.4, -0.2) is 21.8 Å². The van der Waals surface area contributed by atoms with Gasteiger partial charge in [0.15, 0.2) is 8.07 Å². The molecule has 13 rings (SSSR count). The Hall–Kier alpha value is -8.18.